The smallest absolute Gasteiger partial charge is 0.252 e. The number of hydrogen-bond acceptors (Lipinski definition) is 4. The number of ether oxygens (including phenoxy) is 1. The zero-order valence-electron chi connectivity index (χ0n) is 7.44. The minimum absolute atomic E-state index is 0.300. The summed E-state index contributed by atoms with van der Waals surface area (Å²) in [5, 5.41) is 10.0. The molecular weight excluding hydrogens is 184 g/mol. The number of aromatic nitrogens is 3. The number of rotatable bonds is 2. The van der Waals surface area contributed by atoms with Crippen molar-refractivity contribution in [1.82, 2.24) is 15.4 Å². The maximum Gasteiger partial charge on any atom is 0.252 e. The van der Waals surface area contributed by atoms with Gasteiger partial charge >= 0.3 is 0 Å². The lowest BCUT2D eigenvalue weighted by atomic mass is 10.1. The summed E-state index contributed by atoms with van der Waals surface area (Å²) in [6, 6.07) is 3.18. The van der Waals surface area contributed by atoms with Crippen molar-refractivity contribution in [3.8, 4) is 5.75 Å². The highest BCUT2D eigenvalue weighted by Crippen LogP contribution is 2.22. The number of H-pyrrole nitrogens is 1. The second-order valence-electron chi connectivity index (χ2n) is 2.75. The first-order valence-corrected chi connectivity index (χ1v) is 3.91. The number of benzene rings is 1. The van der Waals surface area contributed by atoms with Gasteiger partial charge in [-0.05, 0) is 6.07 Å². The van der Waals surface area contributed by atoms with Crippen molar-refractivity contribution in [1.29, 1.82) is 0 Å². The van der Waals surface area contributed by atoms with Crippen LogP contribution in [-0.4, -0.2) is 28.4 Å². The Hall–Kier alpha value is -2.11. The number of aromatic amines is 1. The highest BCUT2D eigenvalue weighted by Gasteiger charge is 2.11. The van der Waals surface area contributed by atoms with Crippen molar-refractivity contribution in [2.24, 2.45) is 5.73 Å². The highest BCUT2D eigenvalue weighted by atomic mass is 16.5. The fourth-order valence-corrected chi connectivity index (χ4v) is 1.23. The van der Waals surface area contributed by atoms with E-state index in [1.807, 2.05) is 0 Å². The van der Waals surface area contributed by atoms with Gasteiger partial charge in [-0.2, -0.15) is 0 Å². The quantitative estimate of drug-likeness (QED) is 0.703. The summed E-state index contributed by atoms with van der Waals surface area (Å²) in [6.07, 6.45) is 0. The van der Waals surface area contributed by atoms with Crippen LogP contribution >= 0.6 is 0 Å². The van der Waals surface area contributed by atoms with Crippen LogP contribution in [0.15, 0.2) is 12.1 Å². The topological polar surface area (TPSA) is 93.9 Å². The van der Waals surface area contributed by atoms with Crippen LogP contribution in [0.1, 0.15) is 10.4 Å². The van der Waals surface area contributed by atoms with Gasteiger partial charge in [0.25, 0.3) is 5.91 Å². The van der Waals surface area contributed by atoms with Crippen LogP contribution in [-0.2, 0) is 0 Å². The van der Waals surface area contributed by atoms with E-state index in [-0.39, 0.29) is 0 Å². The molecule has 0 fully saturated rings. The van der Waals surface area contributed by atoms with Crippen LogP contribution in [0.5, 0.6) is 5.75 Å². The summed E-state index contributed by atoms with van der Waals surface area (Å²) in [5.41, 5.74) is 6.76. The number of amides is 1. The van der Waals surface area contributed by atoms with Gasteiger partial charge in [-0.1, -0.05) is 5.21 Å². The number of hydrogen-bond donors (Lipinski definition) is 2. The van der Waals surface area contributed by atoms with Crippen molar-refractivity contribution in [2.75, 3.05) is 7.11 Å². The second kappa shape index (κ2) is 2.99. The van der Waals surface area contributed by atoms with Gasteiger partial charge in [-0.3, -0.25) is 9.89 Å². The Kier molecular flexibility index (Phi) is 1.81. The Morgan fingerprint density at radius 1 is 1.57 bits per heavy atom. The predicted molar refractivity (Wildman–Crippen MR) is 49.0 cm³/mol. The number of fused-ring (bicyclic) bond motifs is 1. The molecule has 2 aromatic rings. The molecule has 14 heavy (non-hydrogen) atoms. The minimum atomic E-state index is -0.549. The van der Waals surface area contributed by atoms with Crippen LogP contribution in [0.4, 0.5) is 0 Å². The van der Waals surface area contributed by atoms with Crippen LogP contribution in [0, 0.1) is 0 Å². The van der Waals surface area contributed by atoms with Crippen LogP contribution < -0.4 is 10.5 Å². The molecule has 0 saturated carbocycles. The summed E-state index contributed by atoms with van der Waals surface area (Å²) in [7, 11) is 1.47. The standard InChI is InChI=1S/C8H8N4O2/c1-14-7-3-6-5(10-12-11-6)2-4(7)8(9)13/h2-3H,1H3,(H2,9,13)(H,10,11,12). The molecule has 1 aromatic carbocycles. The third-order valence-corrected chi connectivity index (χ3v) is 1.91. The largest absolute Gasteiger partial charge is 0.496 e. The number of nitrogens with one attached hydrogen (secondary N) is 1. The minimum Gasteiger partial charge on any atom is -0.496 e. The lowest BCUT2D eigenvalue weighted by Crippen LogP contribution is -2.12. The van der Waals surface area contributed by atoms with Gasteiger partial charge in [0, 0.05) is 6.07 Å². The number of methoxy groups -OCH3 is 1. The third kappa shape index (κ3) is 1.17. The Morgan fingerprint density at radius 3 is 3.00 bits per heavy atom. The normalized spacial score (nSPS) is 10.4. The molecule has 0 aliphatic heterocycles. The van der Waals surface area contributed by atoms with Gasteiger partial charge < -0.3 is 10.5 Å². The van der Waals surface area contributed by atoms with E-state index in [1.54, 1.807) is 12.1 Å². The zero-order valence-corrected chi connectivity index (χ0v) is 7.44. The van der Waals surface area contributed by atoms with E-state index < -0.39 is 5.91 Å². The van der Waals surface area contributed by atoms with Gasteiger partial charge in [0.1, 0.15) is 11.3 Å². The first-order valence-electron chi connectivity index (χ1n) is 3.91. The number of carbonyl (C=O) groups excluding carboxylic acids is 1. The summed E-state index contributed by atoms with van der Waals surface area (Å²) >= 11 is 0. The fraction of sp³-hybridized carbons (Fsp3) is 0.125. The number of nitrogens with zero attached hydrogens (tertiary/aromatic N) is 2. The molecule has 0 unspecified atom stereocenters. The van der Waals surface area contributed by atoms with Gasteiger partial charge in [0.05, 0.1) is 18.2 Å². The molecule has 2 rings (SSSR count). The molecule has 3 N–H and O–H groups in total. The average Bonchev–Trinajstić information content (AvgIpc) is 2.62. The molecule has 72 valence electrons. The van der Waals surface area contributed by atoms with Gasteiger partial charge in [-0.25, -0.2) is 0 Å². The molecule has 0 atom stereocenters. The summed E-state index contributed by atoms with van der Waals surface area (Å²) < 4.78 is 5.01. The van der Waals surface area contributed by atoms with Crippen molar-refractivity contribution in [3.05, 3.63) is 17.7 Å². The van der Waals surface area contributed by atoms with Crippen molar-refractivity contribution >= 4 is 16.9 Å². The van der Waals surface area contributed by atoms with Crippen molar-refractivity contribution < 1.29 is 9.53 Å². The highest BCUT2D eigenvalue weighted by molar-refractivity contribution is 5.99. The first kappa shape index (κ1) is 8.49. The monoisotopic (exact) mass is 192 g/mol. The molecular formula is C8H8N4O2. The number of primary amides is 1. The molecule has 1 aromatic heterocycles. The summed E-state index contributed by atoms with van der Waals surface area (Å²) in [6.45, 7) is 0. The van der Waals surface area contributed by atoms with Gasteiger partial charge in [0.2, 0.25) is 0 Å². The molecule has 0 aliphatic rings. The SMILES string of the molecule is COc1cc2[nH]nnc2cc1C(N)=O. The molecule has 0 bridgehead atoms. The average molecular weight is 192 g/mol. The van der Waals surface area contributed by atoms with Crippen molar-refractivity contribution in [3.63, 3.8) is 0 Å². The Labute approximate surface area is 79.0 Å². The molecule has 6 heteroatoms. The maximum absolute atomic E-state index is 11.0. The molecule has 0 saturated heterocycles. The van der Waals surface area contributed by atoms with Crippen LogP contribution in [0.2, 0.25) is 0 Å². The summed E-state index contributed by atoms with van der Waals surface area (Å²) in [4.78, 5) is 11.0. The van der Waals surface area contributed by atoms with E-state index >= 15 is 0 Å². The molecule has 6 nitrogen and oxygen atoms in total. The Bertz CT molecular complexity index is 491. The molecule has 0 spiro atoms. The van der Waals surface area contributed by atoms with Crippen molar-refractivity contribution in [2.45, 2.75) is 0 Å². The van der Waals surface area contributed by atoms with E-state index in [0.717, 1.165) is 0 Å². The van der Waals surface area contributed by atoms with E-state index in [9.17, 15) is 4.79 Å². The fourth-order valence-electron chi connectivity index (χ4n) is 1.23. The lowest BCUT2D eigenvalue weighted by molar-refractivity contribution is 0.0997. The summed E-state index contributed by atoms with van der Waals surface area (Å²) in [5.74, 6) is -0.136. The van der Waals surface area contributed by atoms with E-state index in [4.69, 9.17) is 10.5 Å². The molecule has 1 amide bonds. The van der Waals surface area contributed by atoms with E-state index in [0.29, 0.717) is 22.3 Å². The Morgan fingerprint density at radius 2 is 2.36 bits per heavy atom. The third-order valence-electron chi connectivity index (χ3n) is 1.91. The predicted octanol–water partition coefficient (Wildman–Crippen LogP) is 0.0654. The molecule has 0 aliphatic carbocycles. The second-order valence-corrected chi connectivity index (χ2v) is 2.75. The maximum atomic E-state index is 11.0. The van der Waals surface area contributed by atoms with E-state index in [2.05, 4.69) is 15.4 Å². The van der Waals surface area contributed by atoms with E-state index in [1.165, 1.54) is 7.11 Å². The van der Waals surface area contributed by atoms with Gasteiger partial charge in [-0.15, -0.1) is 5.10 Å². The van der Waals surface area contributed by atoms with Crippen LogP contribution in [0.25, 0.3) is 11.0 Å². The first-order chi connectivity index (χ1) is 6.72. The van der Waals surface area contributed by atoms with Crippen LogP contribution in [0.3, 0.4) is 0 Å². The molecule has 1 heterocycles. The number of carbonyl (C=O) groups is 1. The number of nitrogens with two attached hydrogens (primary N) is 1. The zero-order chi connectivity index (χ0) is 10.1. The molecule has 0 radical (unpaired) electrons. The Balaban J connectivity index is 2.72. The lowest BCUT2D eigenvalue weighted by Gasteiger charge is -2.03. The van der Waals surface area contributed by atoms with Gasteiger partial charge in [0.15, 0.2) is 0 Å².